The van der Waals surface area contributed by atoms with Gasteiger partial charge in [0.2, 0.25) is 5.95 Å². The van der Waals surface area contributed by atoms with E-state index in [4.69, 9.17) is 13.6 Å². The third-order valence-corrected chi connectivity index (χ3v) is 7.24. The predicted molar refractivity (Wildman–Crippen MR) is 146 cm³/mol. The smallest absolute Gasteiger partial charge is 0.271 e. The number of hydrazine groups is 1. The standard InChI is InChI=1S/C27H33BN8O/c1-34-10-12-35(13-11-34)18-19-6-8-20(9-7-19)21-14-22(16-30-15-21)26(37)33-36(23-4-2-3-5-23)25-24(28)17-31-27(29)32-25/h6-9,14-17,23H,2-5,10-13,18H2,1H3,(H,33,37)(H2,29,31,32). The summed E-state index contributed by atoms with van der Waals surface area (Å²) in [6.45, 7) is 5.33. The van der Waals surface area contributed by atoms with E-state index in [0.717, 1.165) is 69.5 Å². The lowest BCUT2D eigenvalue weighted by Crippen LogP contribution is -2.50. The molecule has 3 aromatic rings. The Bertz CT molecular complexity index is 1220. The van der Waals surface area contributed by atoms with Crippen molar-refractivity contribution in [3.63, 3.8) is 0 Å². The first-order valence-corrected chi connectivity index (χ1v) is 12.9. The molecular formula is C27H33BN8O. The largest absolute Gasteiger partial charge is 0.368 e. The third kappa shape index (κ3) is 6.08. The van der Waals surface area contributed by atoms with Crippen molar-refractivity contribution in [2.45, 2.75) is 38.3 Å². The zero-order chi connectivity index (χ0) is 25.8. The lowest BCUT2D eigenvalue weighted by molar-refractivity contribution is 0.0943. The highest BCUT2D eigenvalue weighted by Crippen LogP contribution is 2.26. The zero-order valence-corrected chi connectivity index (χ0v) is 21.3. The molecule has 9 nitrogen and oxygen atoms in total. The Hall–Kier alpha value is -3.50. The summed E-state index contributed by atoms with van der Waals surface area (Å²) < 4.78 is 0. The van der Waals surface area contributed by atoms with Gasteiger partial charge in [-0.3, -0.25) is 25.1 Å². The van der Waals surface area contributed by atoms with E-state index in [9.17, 15) is 4.79 Å². The van der Waals surface area contributed by atoms with E-state index in [1.807, 2.05) is 6.07 Å². The average molecular weight is 496 g/mol. The summed E-state index contributed by atoms with van der Waals surface area (Å²) in [6, 6.07) is 10.5. The molecule has 0 atom stereocenters. The number of nitrogens with two attached hydrogens (primary N) is 1. The highest BCUT2D eigenvalue weighted by Gasteiger charge is 2.27. The number of piperazine rings is 1. The van der Waals surface area contributed by atoms with Crippen molar-refractivity contribution in [1.82, 2.24) is 30.2 Å². The minimum Gasteiger partial charge on any atom is -0.368 e. The molecule has 5 rings (SSSR count). The fraction of sp³-hybridized carbons (Fsp3) is 0.407. The van der Waals surface area contributed by atoms with Gasteiger partial charge in [0.1, 0.15) is 13.7 Å². The normalized spacial score (nSPS) is 17.1. The number of nitrogen functional groups attached to an aromatic ring is 1. The molecular weight excluding hydrogens is 463 g/mol. The first-order chi connectivity index (χ1) is 18.0. The molecule has 1 saturated carbocycles. The fourth-order valence-electron chi connectivity index (χ4n) is 5.03. The van der Waals surface area contributed by atoms with E-state index in [1.165, 1.54) is 11.8 Å². The minimum absolute atomic E-state index is 0.0875. The SMILES string of the molecule is [B]c1cnc(N)nc1N(NC(=O)c1cncc(-c2ccc(CN3CCN(C)CC3)cc2)c1)C1CCCC1. The van der Waals surface area contributed by atoms with E-state index in [1.54, 1.807) is 17.4 Å². The molecule has 1 saturated heterocycles. The van der Waals surface area contributed by atoms with Crippen LogP contribution in [0.5, 0.6) is 0 Å². The van der Waals surface area contributed by atoms with Crippen molar-refractivity contribution < 1.29 is 4.79 Å². The Morgan fingerprint density at radius 1 is 1.08 bits per heavy atom. The molecule has 0 spiro atoms. The van der Waals surface area contributed by atoms with Crippen LogP contribution in [0.2, 0.25) is 0 Å². The van der Waals surface area contributed by atoms with Crippen LogP contribution in [0.3, 0.4) is 0 Å². The molecule has 2 radical (unpaired) electrons. The number of hydrogen-bond acceptors (Lipinski definition) is 8. The summed E-state index contributed by atoms with van der Waals surface area (Å²) in [5.74, 6) is 0.263. The van der Waals surface area contributed by atoms with E-state index in [0.29, 0.717) is 16.8 Å². The zero-order valence-electron chi connectivity index (χ0n) is 21.3. The monoisotopic (exact) mass is 496 g/mol. The molecule has 0 unspecified atom stereocenters. The van der Waals surface area contributed by atoms with Gasteiger partial charge < -0.3 is 10.6 Å². The minimum atomic E-state index is -0.274. The summed E-state index contributed by atoms with van der Waals surface area (Å²) in [5.41, 5.74) is 12.9. The van der Waals surface area contributed by atoms with E-state index < -0.39 is 0 Å². The van der Waals surface area contributed by atoms with Crippen LogP contribution in [0.4, 0.5) is 11.8 Å². The van der Waals surface area contributed by atoms with Gasteiger partial charge in [0.15, 0.2) is 0 Å². The molecule has 190 valence electrons. The number of anilines is 2. The maximum absolute atomic E-state index is 13.3. The van der Waals surface area contributed by atoms with Gasteiger partial charge in [-0.2, -0.15) is 4.98 Å². The van der Waals surface area contributed by atoms with E-state index >= 15 is 0 Å². The molecule has 3 heterocycles. The van der Waals surface area contributed by atoms with Crippen molar-refractivity contribution >= 4 is 31.0 Å². The number of carbonyl (C=O) groups is 1. The Morgan fingerprint density at radius 2 is 1.81 bits per heavy atom. The van der Waals surface area contributed by atoms with Crippen molar-refractivity contribution in [3.05, 3.63) is 60.0 Å². The van der Waals surface area contributed by atoms with Crippen molar-refractivity contribution in [2.24, 2.45) is 0 Å². The van der Waals surface area contributed by atoms with Gasteiger partial charge in [-0.1, -0.05) is 37.1 Å². The highest BCUT2D eigenvalue weighted by atomic mass is 16.2. The van der Waals surface area contributed by atoms with E-state index in [-0.39, 0.29) is 17.9 Å². The average Bonchev–Trinajstić information content (AvgIpc) is 3.45. The maximum atomic E-state index is 13.3. The molecule has 37 heavy (non-hydrogen) atoms. The lowest BCUT2D eigenvalue weighted by atomic mass is 9.98. The van der Waals surface area contributed by atoms with Gasteiger partial charge >= 0.3 is 0 Å². The summed E-state index contributed by atoms with van der Waals surface area (Å²) in [7, 11) is 8.33. The third-order valence-electron chi connectivity index (χ3n) is 7.24. The maximum Gasteiger partial charge on any atom is 0.271 e. The van der Waals surface area contributed by atoms with Gasteiger partial charge in [0.25, 0.3) is 5.91 Å². The Balaban J connectivity index is 1.30. The number of benzene rings is 1. The molecule has 3 N–H and O–H groups in total. The second kappa shape index (κ2) is 11.3. The number of rotatable bonds is 7. The number of amides is 1. The molecule has 10 heteroatoms. The number of carbonyl (C=O) groups excluding carboxylic acids is 1. The highest BCUT2D eigenvalue weighted by molar-refractivity contribution is 6.35. The van der Waals surface area contributed by atoms with Gasteiger partial charge in [-0.25, -0.2) is 4.98 Å². The van der Waals surface area contributed by atoms with Crippen LogP contribution in [0.25, 0.3) is 11.1 Å². The Labute approximate surface area is 219 Å². The quantitative estimate of drug-likeness (QED) is 0.377. The molecule has 0 bridgehead atoms. The number of likely N-dealkylation sites (N-methyl/N-ethyl adjacent to an activating group) is 1. The second-order valence-corrected chi connectivity index (χ2v) is 9.99. The first-order valence-electron chi connectivity index (χ1n) is 12.9. The molecule has 2 aromatic heterocycles. The number of pyridine rings is 1. The summed E-state index contributed by atoms with van der Waals surface area (Å²) in [5, 5.41) is 1.75. The lowest BCUT2D eigenvalue weighted by Gasteiger charge is -2.32. The van der Waals surface area contributed by atoms with Crippen molar-refractivity contribution in [2.75, 3.05) is 44.0 Å². The number of nitrogens with one attached hydrogen (secondary N) is 1. The number of nitrogens with zero attached hydrogens (tertiary/aromatic N) is 6. The number of aromatic nitrogens is 3. The van der Waals surface area contributed by atoms with Crippen LogP contribution in [-0.2, 0) is 6.54 Å². The predicted octanol–water partition coefficient (Wildman–Crippen LogP) is 1.76. The number of hydrogen-bond donors (Lipinski definition) is 2. The van der Waals surface area contributed by atoms with Crippen LogP contribution in [0.1, 0.15) is 41.6 Å². The van der Waals surface area contributed by atoms with Crippen molar-refractivity contribution in [3.8, 4) is 11.1 Å². The Kier molecular flexibility index (Phi) is 7.67. The topological polar surface area (TPSA) is 104 Å². The van der Waals surface area contributed by atoms with Crippen LogP contribution in [0, 0.1) is 0 Å². The Morgan fingerprint density at radius 3 is 2.54 bits per heavy atom. The second-order valence-electron chi connectivity index (χ2n) is 9.99. The van der Waals surface area contributed by atoms with Gasteiger partial charge in [0, 0.05) is 56.9 Å². The van der Waals surface area contributed by atoms with E-state index in [2.05, 4.69) is 61.5 Å². The van der Waals surface area contributed by atoms with Gasteiger partial charge in [0.05, 0.1) is 11.6 Å². The molecule has 1 amide bonds. The first kappa shape index (κ1) is 25.2. The summed E-state index contributed by atoms with van der Waals surface area (Å²) >= 11 is 0. The van der Waals surface area contributed by atoms with Crippen LogP contribution in [-0.4, -0.2) is 77.8 Å². The fourth-order valence-corrected chi connectivity index (χ4v) is 5.03. The van der Waals surface area contributed by atoms with Gasteiger partial charge in [-0.15, -0.1) is 0 Å². The molecule has 1 aliphatic carbocycles. The van der Waals surface area contributed by atoms with Crippen LogP contribution in [0.15, 0.2) is 48.9 Å². The van der Waals surface area contributed by atoms with Gasteiger partial charge in [-0.05, 0) is 42.5 Å². The molecule has 2 fully saturated rings. The van der Waals surface area contributed by atoms with Crippen LogP contribution < -0.4 is 21.6 Å². The molecule has 2 aliphatic rings. The summed E-state index contributed by atoms with van der Waals surface area (Å²) in [4.78, 5) is 30.8. The molecule has 1 aromatic carbocycles. The van der Waals surface area contributed by atoms with Crippen LogP contribution >= 0.6 is 0 Å². The molecule has 1 aliphatic heterocycles. The summed E-state index contributed by atoms with van der Waals surface area (Å²) in [6.07, 6.45) is 8.86. The van der Waals surface area contributed by atoms with Crippen molar-refractivity contribution in [1.29, 1.82) is 0 Å².